The predicted octanol–water partition coefficient (Wildman–Crippen LogP) is 1.88. The Bertz CT molecular complexity index is 1160. The first-order valence-electron chi connectivity index (χ1n) is 10.4. The van der Waals surface area contributed by atoms with Gasteiger partial charge in [-0.1, -0.05) is 30.3 Å². The Morgan fingerprint density at radius 2 is 2.00 bits per heavy atom. The van der Waals surface area contributed by atoms with E-state index in [4.69, 9.17) is 0 Å². The molecule has 0 saturated carbocycles. The smallest absolute Gasteiger partial charge is 0.251 e. The van der Waals surface area contributed by atoms with Gasteiger partial charge in [0.2, 0.25) is 5.91 Å². The van der Waals surface area contributed by atoms with E-state index in [1.54, 1.807) is 6.07 Å². The lowest BCUT2D eigenvalue weighted by molar-refractivity contribution is -0.124. The molecule has 2 aliphatic heterocycles. The van der Waals surface area contributed by atoms with E-state index in [0.29, 0.717) is 30.6 Å². The highest BCUT2D eigenvalue weighted by Gasteiger charge is 2.45. The van der Waals surface area contributed by atoms with Gasteiger partial charge < -0.3 is 21.3 Å². The van der Waals surface area contributed by atoms with Crippen LogP contribution in [0.1, 0.15) is 45.0 Å². The molecule has 3 aliphatic rings. The molecule has 2 heterocycles. The van der Waals surface area contributed by atoms with E-state index in [1.165, 1.54) is 0 Å². The van der Waals surface area contributed by atoms with Crippen molar-refractivity contribution in [2.24, 2.45) is 0 Å². The molecule has 2 aromatic carbocycles. The van der Waals surface area contributed by atoms with Crippen LogP contribution in [0.5, 0.6) is 0 Å². The van der Waals surface area contributed by atoms with Crippen LogP contribution in [-0.4, -0.2) is 29.8 Å². The molecule has 0 aromatic heterocycles. The predicted molar refractivity (Wildman–Crippen MR) is 116 cm³/mol. The van der Waals surface area contributed by atoms with Gasteiger partial charge in [0.1, 0.15) is 5.54 Å². The first kappa shape index (κ1) is 19.4. The van der Waals surface area contributed by atoms with Crippen LogP contribution in [0.4, 0.5) is 5.69 Å². The maximum Gasteiger partial charge on any atom is 0.251 e. The third kappa shape index (κ3) is 3.26. The number of amides is 3. The third-order valence-corrected chi connectivity index (χ3v) is 6.49. The summed E-state index contributed by atoms with van der Waals surface area (Å²) in [5.74, 6) is -0.202. The van der Waals surface area contributed by atoms with Gasteiger partial charge in [-0.3, -0.25) is 14.4 Å². The number of fused-ring (bicyclic) bond motifs is 2. The second-order valence-corrected chi connectivity index (χ2v) is 8.64. The van der Waals surface area contributed by atoms with Crippen molar-refractivity contribution >= 4 is 23.4 Å². The lowest BCUT2D eigenvalue weighted by Crippen LogP contribution is -2.50. The van der Waals surface area contributed by atoms with Crippen LogP contribution in [0.2, 0.25) is 0 Å². The Balaban J connectivity index is 1.29. The maximum absolute atomic E-state index is 12.8. The van der Waals surface area contributed by atoms with Gasteiger partial charge in [0.05, 0.1) is 11.7 Å². The molecular weight excluding hydrogens is 392 g/mol. The number of anilines is 1. The lowest BCUT2D eigenvalue weighted by atomic mass is 9.77. The summed E-state index contributed by atoms with van der Waals surface area (Å²) in [4.78, 5) is 37.5. The fourth-order valence-corrected chi connectivity index (χ4v) is 4.81. The van der Waals surface area contributed by atoms with Crippen LogP contribution in [0.25, 0.3) is 0 Å². The zero-order valence-corrected chi connectivity index (χ0v) is 17.3. The molecule has 1 saturated heterocycles. The van der Waals surface area contributed by atoms with Crippen molar-refractivity contribution in [3.63, 3.8) is 0 Å². The van der Waals surface area contributed by atoms with E-state index < -0.39 is 11.5 Å². The molecule has 0 radical (unpaired) electrons. The lowest BCUT2D eigenvalue weighted by Gasteiger charge is -2.32. The highest BCUT2D eigenvalue weighted by atomic mass is 16.2. The molecule has 2 atom stereocenters. The summed E-state index contributed by atoms with van der Waals surface area (Å²) in [6, 6.07) is 11.4. The fourth-order valence-electron chi connectivity index (χ4n) is 4.81. The summed E-state index contributed by atoms with van der Waals surface area (Å²) in [5, 5.41) is 11.7. The summed E-state index contributed by atoms with van der Waals surface area (Å²) in [6.07, 6.45) is 1.91. The second kappa shape index (κ2) is 6.97. The number of hydrogen-bond acceptors (Lipinski definition) is 4. The summed E-state index contributed by atoms with van der Waals surface area (Å²) in [5.41, 5.74) is 4.85. The minimum Gasteiger partial charge on any atom is -0.358 e. The number of carbonyl (C=O) groups excluding carboxylic acids is 3. The second-order valence-electron chi connectivity index (χ2n) is 8.64. The molecular formula is C24H24N4O3. The van der Waals surface area contributed by atoms with Crippen molar-refractivity contribution in [2.45, 2.75) is 37.6 Å². The number of rotatable bonds is 3. The van der Waals surface area contributed by atoms with Gasteiger partial charge in [-0.15, -0.1) is 0 Å². The Kier molecular flexibility index (Phi) is 4.36. The van der Waals surface area contributed by atoms with Crippen molar-refractivity contribution in [1.82, 2.24) is 16.0 Å². The van der Waals surface area contributed by atoms with Gasteiger partial charge in [-0.25, -0.2) is 0 Å². The molecule has 3 amide bonds. The summed E-state index contributed by atoms with van der Waals surface area (Å²) in [6.45, 7) is 6.03. The van der Waals surface area contributed by atoms with Crippen molar-refractivity contribution in [3.8, 4) is 0 Å². The first-order valence-corrected chi connectivity index (χ1v) is 10.4. The molecule has 7 heteroatoms. The third-order valence-electron chi connectivity index (χ3n) is 6.49. The van der Waals surface area contributed by atoms with Gasteiger partial charge >= 0.3 is 0 Å². The molecule has 5 rings (SSSR count). The number of hydrogen-bond donors (Lipinski definition) is 4. The van der Waals surface area contributed by atoms with E-state index in [-0.39, 0.29) is 24.3 Å². The Morgan fingerprint density at radius 3 is 2.77 bits per heavy atom. The minimum absolute atomic E-state index is 0.0460. The first-order chi connectivity index (χ1) is 14.8. The Morgan fingerprint density at radius 1 is 1.16 bits per heavy atom. The number of benzene rings is 2. The van der Waals surface area contributed by atoms with Crippen LogP contribution >= 0.6 is 0 Å². The molecule has 158 valence electrons. The quantitative estimate of drug-likeness (QED) is 0.614. The van der Waals surface area contributed by atoms with Crippen molar-refractivity contribution in [3.05, 3.63) is 76.6 Å². The van der Waals surface area contributed by atoms with Crippen LogP contribution in [0, 0.1) is 6.92 Å². The largest absolute Gasteiger partial charge is 0.358 e. The Hall–Kier alpha value is -3.61. The highest BCUT2D eigenvalue weighted by Crippen LogP contribution is 2.34. The van der Waals surface area contributed by atoms with Crippen LogP contribution in [-0.2, 0) is 22.4 Å². The van der Waals surface area contributed by atoms with Crippen LogP contribution in [0.15, 0.2) is 48.8 Å². The van der Waals surface area contributed by atoms with E-state index in [9.17, 15) is 14.4 Å². The summed E-state index contributed by atoms with van der Waals surface area (Å²) < 4.78 is 0. The fraction of sp³-hybridized carbons (Fsp3) is 0.292. The number of carbonyl (C=O) groups is 3. The van der Waals surface area contributed by atoms with Gasteiger partial charge in [0, 0.05) is 24.2 Å². The van der Waals surface area contributed by atoms with Crippen molar-refractivity contribution in [1.29, 1.82) is 0 Å². The summed E-state index contributed by atoms with van der Waals surface area (Å²) >= 11 is 0. The topological polar surface area (TPSA) is 99.3 Å². The van der Waals surface area contributed by atoms with Gasteiger partial charge in [-0.2, -0.15) is 0 Å². The van der Waals surface area contributed by atoms with Gasteiger partial charge in [0.25, 0.3) is 11.8 Å². The zero-order valence-electron chi connectivity index (χ0n) is 17.3. The zero-order chi connectivity index (χ0) is 21.8. The van der Waals surface area contributed by atoms with E-state index in [0.717, 1.165) is 27.9 Å². The van der Waals surface area contributed by atoms with Crippen LogP contribution < -0.4 is 21.3 Å². The average molecular weight is 416 g/mol. The number of nitrogens with one attached hydrogen (secondary N) is 4. The molecule has 7 nitrogen and oxygen atoms in total. The normalized spacial score (nSPS) is 23.6. The Labute approximate surface area is 180 Å². The van der Waals surface area contributed by atoms with Crippen molar-refractivity contribution < 1.29 is 14.4 Å². The molecule has 4 N–H and O–H groups in total. The molecule has 1 aliphatic carbocycles. The van der Waals surface area contributed by atoms with Crippen LogP contribution in [0.3, 0.4) is 0 Å². The van der Waals surface area contributed by atoms with E-state index >= 15 is 0 Å². The van der Waals surface area contributed by atoms with E-state index in [1.807, 2.05) is 37.3 Å². The molecule has 1 fully saturated rings. The molecule has 2 unspecified atom stereocenters. The molecule has 1 spiro atoms. The minimum atomic E-state index is -0.644. The van der Waals surface area contributed by atoms with E-state index in [2.05, 4.69) is 27.8 Å². The standard InChI is InChI=1S/C24H24N4O3/c1-13-3-6-20-18(9-13)19(22(30)27-20)12-25-21(29)16-4-5-17-11-24(8-7-15(17)10-16)23(31)26-14(2)28-24/h3-6,9-10,19,28H,2,7-8,11-12H2,1H3,(H,25,29)(H,26,31)(H,27,30). The molecule has 2 aromatic rings. The SMILES string of the molecule is C=C1NC(=O)C2(CCc3cc(C(=O)NCC4C(=O)Nc5ccc(C)cc54)ccc3C2)N1. The maximum atomic E-state index is 12.8. The van der Waals surface area contributed by atoms with Gasteiger partial charge in [-0.05, 0) is 54.7 Å². The van der Waals surface area contributed by atoms with Crippen molar-refractivity contribution in [2.75, 3.05) is 11.9 Å². The average Bonchev–Trinajstić information content (AvgIpc) is 3.19. The number of aryl methyl sites for hydroxylation is 2. The molecule has 0 bridgehead atoms. The van der Waals surface area contributed by atoms with Gasteiger partial charge in [0.15, 0.2) is 0 Å². The highest BCUT2D eigenvalue weighted by molar-refractivity contribution is 6.04. The monoisotopic (exact) mass is 416 g/mol. The molecule has 31 heavy (non-hydrogen) atoms. The summed E-state index contributed by atoms with van der Waals surface area (Å²) in [7, 11) is 0.